The number of hydrogen-bond acceptors (Lipinski definition) is 7. The molecule has 0 saturated carbocycles. The van der Waals surface area contributed by atoms with Crippen LogP contribution in [0.1, 0.15) is 63.9 Å². The summed E-state index contributed by atoms with van der Waals surface area (Å²) in [5.41, 5.74) is 2.97. The van der Waals surface area contributed by atoms with Gasteiger partial charge in [-0.05, 0) is 67.4 Å². The van der Waals surface area contributed by atoms with Crippen LogP contribution < -0.4 is 0 Å². The van der Waals surface area contributed by atoms with Crippen molar-refractivity contribution < 1.29 is 39.9 Å². The van der Waals surface area contributed by atoms with Crippen LogP contribution in [-0.4, -0.2) is 74.1 Å². The van der Waals surface area contributed by atoms with E-state index in [0.29, 0.717) is 43.3 Å². The number of phenolic OH excluding ortho intramolecular Hbond substituents is 1. The van der Waals surface area contributed by atoms with E-state index in [0.717, 1.165) is 17.6 Å². The molecule has 1 aromatic rings. The number of likely N-dealkylation sites (tertiary alicyclic amines) is 1. The lowest BCUT2D eigenvalue weighted by atomic mass is 9.68. The number of fused-ring (bicyclic) bond motifs is 1. The Balaban J connectivity index is 1.72. The van der Waals surface area contributed by atoms with Gasteiger partial charge in [0.1, 0.15) is 5.75 Å². The first-order valence-electron chi connectivity index (χ1n) is 13.4. The number of carboxylic acids is 1. The molecule has 9 nitrogen and oxygen atoms in total. The molecule has 3 rings (SSSR count). The third-order valence-electron chi connectivity index (χ3n) is 7.75. The molecule has 2 amide bonds. The summed E-state index contributed by atoms with van der Waals surface area (Å²) in [4.78, 5) is 38.3. The average molecular weight is 530 g/mol. The molecule has 1 aliphatic heterocycles. The predicted molar refractivity (Wildman–Crippen MR) is 141 cm³/mol. The fourth-order valence-corrected chi connectivity index (χ4v) is 5.75. The number of phenols is 1. The minimum atomic E-state index is -0.988. The van der Waals surface area contributed by atoms with E-state index < -0.39 is 36.4 Å². The van der Waals surface area contributed by atoms with Gasteiger partial charge in [-0.25, -0.2) is 0 Å². The minimum Gasteiger partial charge on any atom is -0.508 e. The monoisotopic (exact) mass is 529 g/mol. The molecule has 0 spiro atoms. The molecule has 0 unspecified atom stereocenters. The second kappa shape index (κ2) is 13.7. The van der Waals surface area contributed by atoms with Gasteiger partial charge in [0.2, 0.25) is 11.8 Å². The third-order valence-corrected chi connectivity index (χ3v) is 7.75. The predicted octanol–water partition coefficient (Wildman–Crippen LogP) is 2.87. The number of carbonyl (C=O) groups is 3. The summed E-state index contributed by atoms with van der Waals surface area (Å²) in [5.74, 6) is -3.64. The molecule has 5 N–H and O–H groups in total. The smallest absolute Gasteiger partial charge is 0.303 e. The molecule has 1 fully saturated rings. The first-order chi connectivity index (χ1) is 18.2. The lowest BCUT2D eigenvalue weighted by molar-refractivity contribution is -0.141. The van der Waals surface area contributed by atoms with Gasteiger partial charge in [-0.3, -0.25) is 19.3 Å². The Hall–Kier alpha value is -3.01. The SMILES string of the molecule is CC/C(=C\c1ccc(O)cc1)CC[C@@H](O)C1=C(CO)C[C@H]2C(=O)N(CCCCCC(=O)O)C(=O)[C@H]2[C@H]1CO. The van der Waals surface area contributed by atoms with Crippen molar-refractivity contribution in [3.63, 3.8) is 0 Å². The molecule has 0 bridgehead atoms. The van der Waals surface area contributed by atoms with Crippen LogP contribution in [0.15, 0.2) is 41.0 Å². The van der Waals surface area contributed by atoms with Crippen LogP contribution in [0.3, 0.4) is 0 Å². The number of allylic oxidation sites excluding steroid dienone is 1. The number of unbranched alkanes of at least 4 members (excludes halogenated alkanes) is 2. The summed E-state index contributed by atoms with van der Waals surface area (Å²) in [6.45, 7) is 1.41. The van der Waals surface area contributed by atoms with Crippen molar-refractivity contribution in [2.75, 3.05) is 19.8 Å². The van der Waals surface area contributed by atoms with Gasteiger partial charge in [0, 0.05) is 18.9 Å². The summed E-state index contributed by atoms with van der Waals surface area (Å²) in [6, 6.07) is 6.82. The molecule has 9 heteroatoms. The van der Waals surface area contributed by atoms with E-state index in [4.69, 9.17) is 5.11 Å². The van der Waals surface area contributed by atoms with Gasteiger partial charge in [0.25, 0.3) is 0 Å². The Morgan fingerprint density at radius 3 is 2.39 bits per heavy atom. The fourth-order valence-electron chi connectivity index (χ4n) is 5.75. The van der Waals surface area contributed by atoms with Crippen molar-refractivity contribution >= 4 is 23.9 Å². The number of rotatable bonds is 14. The lowest BCUT2D eigenvalue weighted by Gasteiger charge is -2.36. The van der Waals surface area contributed by atoms with E-state index in [2.05, 4.69) is 0 Å². The van der Waals surface area contributed by atoms with Gasteiger partial charge in [-0.2, -0.15) is 0 Å². The Bertz CT molecular complexity index is 1060. The standard InChI is InChI=1S/C29H39NO8/c1-2-18(14-19-7-10-21(33)11-8-19)9-12-24(34)26-20(16-31)15-22-27(23(26)17-32)29(38)30(28(22)37)13-5-3-4-6-25(35)36/h7-8,10-11,14,22-24,27,31-34H,2-6,9,12-13,15-17H2,1H3,(H,35,36)/b18-14+/t22-,23+,24-,27-/m1/s1. The van der Waals surface area contributed by atoms with Gasteiger partial charge in [-0.1, -0.05) is 37.1 Å². The van der Waals surface area contributed by atoms with Crippen molar-refractivity contribution in [1.29, 1.82) is 0 Å². The third kappa shape index (κ3) is 6.89. The zero-order valence-corrected chi connectivity index (χ0v) is 21.9. The zero-order valence-electron chi connectivity index (χ0n) is 21.9. The summed E-state index contributed by atoms with van der Waals surface area (Å²) < 4.78 is 0. The van der Waals surface area contributed by atoms with Gasteiger partial charge in [-0.15, -0.1) is 0 Å². The number of benzene rings is 1. The van der Waals surface area contributed by atoms with E-state index in [1.165, 1.54) is 4.90 Å². The first kappa shape index (κ1) is 29.5. The number of carbonyl (C=O) groups excluding carboxylic acids is 2. The van der Waals surface area contributed by atoms with Crippen LogP contribution in [0.4, 0.5) is 0 Å². The fraction of sp³-hybridized carbons (Fsp3) is 0.552. The average Bonchev–Trinajstić information content (AvgIpc) is 3.14. The first-order valence-corrected chi connectivity index (χ1v) is 13.4. The largest absolute Gasteiger partial charge is 0.508 e. The van der Waals surface area contributed by atoms with Crippen LogP contribution in [0.5, 0.6) is 5.75 Å². The van der Waals surface area contributed by atoms with Crippen molar-refractivity contribution in [2.24, 2.45) is 17.8 Å². The molecule has 0 radical (unpaired) electrons. The van der Waals surface area contributed by atoms with E-state index in [9.17, 15) is 34.8 Å². The highest BCUT2D eigenvalue weighted by Crippen LogP contribution is 2.46. The Labute approximate surface area is 223 Å². The second-order valence-corrected chi connectivity index (χ2v) is 10.2. The van der Waals surface area contributed by atoms with Crippen molar-refractivity contribution in [2.45, 2.75) is 64.4 Å². The van der Waals surface area contributed by atoms with Crippen molar-refractivity contribution in [1.82, 2.24) is 4.90 Å². The molecular weight excluding hydrogens is 490 g/mol. The number of aromatic hydroxyl groups is 1. The zero-order chi connectivity index (χ0) is 27.8. The number of amides is 2. The molecule has 38 heavy (non-hydrogen) atoms. The molecule has 0 aromatic heterocycles. The maximum Gasteiger partial charge on any atom is 0.303 e. The topological polar surface area (TPSA) is 156 Å². The summed E-state index contributed by atoms with van der Waals surface area (Å²) in [6.07, 6.45) is 4.39. The molecule has 1 saturated heterocycles. The lowest BCUT2D eigenvalue weighted by Crippen LogP contribution is -2.39. The highest BCUT2D eigenvalue weighted by Gasteiger charge is 2.54. The van der Waals surface area contributed by atoms with Crippen LogP contribution in [0.2, 0.25) is 0 Å². The van der Waals surface area contributed by atoms with E-state index in [1.54, 1.807) is 24.3 Å². The molecule has 4 atom stereocenters. The van der Waals surface area contributed by atoms with Crippen LogP contribution in [-0.2, 0) is 14.4 Å². The maximum absolute atomic E-state index is 13.3. The quantitative estimate of drug-likeness (QED) is 0.140. The van der Waals surface area contributed by atoms with Crippen LogP contribution >= 0.6 is 0 Å². The number of aliphatic carboxylic acids is 1. The highest BCUT2D eigenvalue weighted by molar-refractivity contribution is 6.05. The Kier molecular flexibility index (Phi) is 10.6. The molecule has 1 aliphatic carbocycles. The molecule has 1 aromatic carbocycles. The number of aliphatic hydroxyl groups is 3. The van der Waals surface area contributed by atoms with E-state index in [1.807, 2.05) is 13.0 Å². The van der Waals surface area contributed by atoms with Crippen molar-refractivity contribution in [3.8, 4) is 5.75 Å². The highest BCUT2D eigenvalue weighted by atomic mass is 16.4. The normalized spacial score (nSPS) is 22.7. The molecule has 208 valence electrons. The number of carboxylic acid groups (broad SMARTS) is 1. The Morgan fingerprint density at radius 2 is 1.79 bits per heavy atom. The maximum atomic E-state index is 13.3. The van der Waals surface area contributed by atoms with Gasteiger partial charge in [0.15, 0.2) is 0 Å². The van der Waals surface area contributed by atoms with E-state index in [-0.39, 0.29) is 43.6 Å². The molecule has 1 heterocycles. The number of imide groups is 1. The summed E-state index contributed by atoms with van der Waals surface area (Å²) >= 11 is 0. The Morgan fingerprint density at radius 1 is 1.08 bits per heavy atom. The van der Waals surface area contributed by atoms with Crippen LogP contribution in [0.25, 0.3) is 6.08 Å². The summed E-state index contributed by atoms with van der Waals surface area (Å²) in [5, 5.41) is 49.9. The van der Waals surface area contributed by atoms with Crippen LogP contribution in [0, 0.1) is 17.8 Å². The number of hydrogen-bond donors (Lipinski definition) is 5. The second-order valence-electron chi connectivity index (χ2n) is 10.2. The van der Waals surface area contributed by atoms with Gasteiger partial charge >= 0.3 is 5.97 Å². The van der Waals surface area contributed by atoms with Gasteiger partial charge in [0.05, 0.1) is 31.2 Å². The number of aliphatic hydroxyl groups excluding tert-OH is 3. The number of nitrogens with zero attached hydrogens (tertiary/aromatic N) is 1. The summed E-state index contributed by atoms with van der Waals surface area (Å²) in [7, 11) is 0. The van der Waals surface area contributed by atoms with Crippen molar-refractivity contribution in [3.05, 3.63) is 46.5 Å². The molecular formula is C29H39NO8. The van der Waals surface area contributed by atoms with Gasteiger partial charge < -0.3 is 25.5 Å². The van der Waals surface area contributed by atoms with E-state index >= 15 is 0 Å². The molecule has 2 aliphatic rings. The minimum absolute atomic E-state index is 0.0363.